The van der Waals surface area contributed by atoms with E-state index in [0.717, 1.165) is 6.54 Å². The van der Waals surface area contributed by atoms with Crippen LogP contribution in [0.15, 0.2) is 6.07 Å². The average molecular weight is 260 g/mol. The summed E-state index contributed by atoms with van der Waals surface area (Å²) in [5.74, 6) is 0. The number of rotatable bonds is 4. The fourth-order valence-corrected chi connectivity index (χ4v) is 3.02. The molecule has 2 rings (SSSR count). The molecule has 0 aromatic heterocycles. The van der Waals surface area contributed by atoms with Crippen LogP contribution in [0.25, 0.3) is 0 Å². The Morgan fingerprint density at radius 1 is 1.11 bits per heavy atom. The molecule has 0 spiro atoms. The van der Waals surface area contributed by atoms with E-state index in [4.69, 9.17) is 0 Å². The van der Waals surface area contributed by atoms with Crippen molar-refractivity contribution in [2.24, 2.45) is 0 Å². The maximum absolute atomic E-state index is 3.67. The highest BCUT2D eigenvalue weighted by Gasteiger charge is 2.13. The highest BCUT2D eigenvalue weighted by molar-refractivity contribution is 5.62. The molecule has 2 N–H and O–H groups in total. The Morgan fingerprint density at radius 3 is 2.37 bits per heavy atom. The Bertz CT molecular complexity index is 405. The molecule has 1 aromatic rings. The first-order chi connectivity index (χ1) is 9.09. The molecule has 1 fully saturated rings. The highest BCUT2D eigenvalue weighted by atomic mass is 14.9. The molecule has 1 aliphatic rings. The Morgan fingerprint density at radius 2 is 1.79 bits per heavy atom. The van der Waals surface area contributed by atoms with Gasteiger partial charge in [-0.3, -0.25) is 0 Å². The van der Waals surface area contributed by atoms with Gasteiger partial charge in [-0.1, -0.05) is 12.5 Å². The summed E-state index contributed by atoms with van der Waals surface area (Å²) in [6.45, 7) is 11.1. The third kappa shape index (κ3) is 3.50. The van der Waals surface area contributed by atoms with Crippen molar-refractivity contribution in [2.45, 2.75) is 59.4 Å². The first-order valence-electron chi connectivity index (χ1n) is 7.64. The maximum atomic E-state index is 3.67. The molecule has 0 bridgehead atoms. The number of piperidine rings is 1. The van der Waals surface area contributed by atoms with E-state index >= 15 is 0 Å². The van der Waals surface area contributed by atoms with Crippen LogP contribution in [0.2, 0.25) is 0 Å². The van der Waals surface area contributed by atoms with Crippen molar-refractivity contribution in [1.29, 1.82) is 0 Å². The second kappa shape index (κ2) is 6.42. The zero-order chi connectivity index (χ0) is 13.8. The van der Waals surface area contributed by atoms with Crippen molar-refractivity contribution in [2.75, 3.05) is 18.4 Å². The molecule has 0 radical (unpaired) electrons. The second-order valence-electron chi connectivity index (χ2n) is 6.00. The van der Waals surface area contributed by atoms with Gasteiger partial charge in [-0.25, -0.2) is 0 Å². The number of hydrogen-bond donors (Lipinski definition) is 2. The van der Waals surface area contributed by atoms with Crippen LogP contribution in [-0.2, 0) is 0 Å². The Balaban J connectivity index is 1.95. The van der Waals surface area contributed by atoms with Crippen LogP contribution in [0, 0.1) is 27.7 Å². The van der Waals surface area contributed by atoms with Gasteiger partial charge in [0.2, 0.25) is 0 Å². The molecule has 0 saturated carbocycles. The van der Waals surface area contributed by atoms with E-state index in [1.165, 1.54) is 60.2 Å². The molecule has 0 amide bonds. The SMILES string of the molecule is Cc1cc(C)c(C)c(NCCC2CCCCN2)c1C. The number of benzene rings is 1. The predicted molar refractivity (Wildman–Crippen MR) is 84.1 cm³/mol. The normalized spacial score (nSPS) is 19.5. The lowest BCUT2D eigenvalue weighted by molar-refractivity contribution is 0.389. The van der Waals surface area contributed by atoms with Gasteiger partial charge in [0.05, 0.1) is 0 Å². The fourth-order valence-electron chi connectivity index (χ4n) is 3.02. The average Bonchev–Trinajstić information content (AvgIpc) is 2.42. The summed E-state index contributed by atoms with van der Waals surface area (Å²) in [6, 6.07) is 3.01. The van der Waals surface area contributed by atoms with Crippen molar-refractivity contribution in [3.63, 3.8) is 0 Å². The van der Waals surface area contributed by atoms with Gasteiger partial charge in [0.25, 0.3) is 0 Å². The van der Waals surface area contributed by atoms with Gasteiger partial charge in [-0.2, -0.15) is 0 Å². The molecule has 2 heteroatoms. The summed E-state index contributed by atoms with van der Waals surface area (Å²) < 4.78 is 0. The summed E-state index contributed by atoms with van der Waals surface area (Å²) in [5.41, 5.74) is 6.94. The monoisotopic (exact) mass is 260 g/mol. The molecule has 1 unspecified atom stereocenters. The third-order valence-corrected chi connectivity index (χ3v) is 4.57. The van der Waals surface area contributed by atoms with Crippen molar-refractivity contribution in [3.05, 3.63) is 28.3 Å². The number of nitrogens with one attached hydrogen (secondary N) is 2. The summed E-state index contributed by atoms with van der Waals surface area (Å²) in [4.78, 5) is 0. The molecule has 19 heavy (non-hydrogen) atoms. The van der Waals surface area contributed by atoms with Crippen LogP contribution in [-0.4, -0.2) is 19.1 Å². The summed E-state index contributed by atoms with van der Waals surface area (Å²) >= 11 is 0. The van der Waals surface area contributed by atoms with Crippen molar-refractivity contribution < 1.29 is 0 Å². The Hall–Kier alpha value is -1.02. The summed E-state index contributed by atoms with van der Waals surface area (Å²) in [7, 11) is 0. The molecule has 2 nitrogen and oxygen atoms in total. The molecule has 106 valence electrons. The number of anilines is 1. The van der Waals surface area contributed by atoms with Gasteiger partial charge in [0, 0.05) is 18.3 Å². The van der Waals surface area contributed by atoms with E-state index in [0.29, 0.717) is 6.04 Å². The largest absolute Gasteiger partial charge is 0.385 e. The molecule has 1 atom stereocenters. The first kappa shape index (κ1) is 14.4. The third-order valence-electron chi connectivity index (χ3n) is 4.57. The molecule has 1 saturated heterocycles. The molecular formula is C17H28N2. The van der Waals surface area contributed by atoms with Gasteiger partial charge in [0.15, 0.2) is 0 Å². The van der Waals surface area contributed by atoms with Gasteiger partial charge in [0.1, 0.15) is 0 Å². The van der Waals surface area contributed by atoms with Gasteiger partial charge >= 0.3 is 0 Å². The van der Waals surface area contributed by atoms with Crippen LogP contribution >= 0.6 is 0 Å². The lowest BCUT2D eigenvalue weighted by atomic mass is 9.98. The van der Waals surface area contributed by atoms with E-state index in [2.05, 4.69) is 44.4 Å². The van der Waals surface area contributed by atoms with Crippen LogP contribution in [0.4, 0.5) is 5.69 Å². The minimum Gasteiger partial charge on any atom is -0.385 e. The van der Waals surface area contributed by atoms with Gasteiger partial charge in [-0.15, -0.1) is 0 Å². The quantitative estimate of drug-likeness (QED) is 0.859. The van der Waals surface area contributed by atoms with Crippen molar-refractivity contribution in [1.82, 2.24) is 5.32 Å². The fraction of sp³-hybridized carbons (Fsp3) is 0.647. The van der Waals surface area contributed by atoms with Gasteiger partial charge < -0.3 is 10.6 Å². The molecule has 1 heterocycles. The predicted octanol–water partition coefficient (Wildman–Crippen LogP) is 3.86. The van der Waals surface area contributed by atoms with Crippen molar-refractivity contribution >= 4 is 5.69 Å². The highest BCUT2D eigenvalue weighted by Crippen LogP contribution is 2.26. The lowest BCUT2D eigenvalue weighted by Gasteiger charge is -2.24. The lowest BCUT2D eigenvalue weighted by Crippen LogP contribution is -2.35. The maximum Gasteiger partial charge on any atom is 0.0404 e. The molecular weight excluding hydrogens is 232 g/mol. The van der Waals surface area contributed by atoms with E-state index in [9.17, 15) is 0 Å². The smallest absolute Gasteiger partial charge is 0.0404 e. The van der Waals surface area contributed by atoms with E-state index in [1.54, 1.807) is 0 Å². The Labute approximate surface area is 118 Å². The van der Waals surface area contributed by atoms with Crippen LogP contribution in [0.5, 0.6) is 0 Å². The summed E-state index contributed by atoms with van der Waals surface area (Å²) in [5, 5.41) is 7.29. The van der Waals surface area contributed by atoms with Crippen LogP contribution in [0.3, 0.4) is 0 Å². The number of hydrogen-bond acceptors (Lipinski definition) is 2. The van der Waals surface area contributed by atoms with E-state index in [1.807, 2.05) is 0 Å². The Kier molecular flexibility index (Phi) is 4.87. The second-order valence-corrected chi connectivity index (χ2v) is 6.00. The standard InChI is InChI=1S/C17H28N2/c1-12-11-13(2)15(4)17(14(12)3)19-10-8-16-7-5-6-9-18-16/h11,16,18-19H,5-10H2,1-4H3. The molecule has 1 aliphatic heterocycles. The topological polar surface area (TPSA) is 24.1 Å². The minimum absolute atomic E-state index is 0.716. The minimum atomic E-state index is 0.716. The molecule has 0 aliphatic carbocycles. The van der Waals surface area contributed by atoms with Crippen LogP contribution in [0.1, 0.15) is 47.9 Å². The van der Waals surface area contributed by atoms with Crippen molar-refractivity contribution in [3.8, 4) is 0 Å². The summed E-state index contributed by atoms with van der Waals surface area (Å²) in [6.07, 6.45) is 5.30. The zero-order valence-corrected chi connectivity index (χ0v) is 12.9. The van der Waals surface area contributed by atoms with Crippen LogP contribution < -0.4 is 10.6 Å². The van der Waals surface area contributed by atoms with Gasteiger partial charge in [-0.05, 0) is 75.8 Å². The first-order valence-corrected chi connectivity index (χ1v) is 7.64. The van der Waals surface area contributed by atoms with E-state index < -0.39 is 0 Å². The van der Waals surface area contributed by atoms with E-state index in [-0.39, 0.29) is 0 Å². The molecule has 1 aromatic carbocycles. The number of aryl methyl sites for hydroxylation is 2. The zero-order valence-electron chi connectivity index (χ0n) is 12.9.